The van der Waals surface area contributed by atoms with E-state index in [4.69, 9.17) is 14.9 Å². The van der Waals surface area contributed by atoms with Crippen molar-refractivity contribution >= 4 is 5.97 Å². The van der Waals surface area contributed by atoms with Crippen molar-refractivity contribution < 1.29 is 19.7 Å². The summed E-state index contributed by atoms with van der Waals surface area (Å²) in [5, 5.41) is 17.3. The van der Waals surface area contributed by atoms with Crippen molar-refractivity contribution in [2.24, 2.45) is 0 Å². The molecule has 1 unspecified atom stereocenters. The van der Waals surface area contributed by atoms with Gasteiger partial charge in [-0.25, -0.2) is 0 Å². The predicted molar refractivity (Wildman–Crippen MR) is 55.0 cm³/mol. The molecule has 1 rings (SSSR count). The molecule has 0 radical (unpaired) electrons. The molecule has 0 aliphatic carbocycles. The fourth-order valence-electron chi connectivity index (χ4n) is 1.85. The highest BCUT2D eigenvalue weighted by molar-refractivity contribution is 5.69. The first kappa shape index (κ1) is 12.5. The first-order valence-electron chi connectivity index (χ1n) is 5.74. The van der Waals surface area contributed by atoms with E-state index in [0.717, 1.165) is 38.5 Å². The molecule has 4 heteroatoms. The van der Waals surface area contributed by atoms with Gasteiger partial charge in [0.25, 0.3) is 0 Å². The Morgan fingerprint density at radius 1 is 1.33 bits per heavy atom. The van der Waals surface area contributed by atoms with Crippen LogP contribution < -0.4 is 0 Å². The Kier molecular flexibility index (Phi) is 5.65. The summed E-state index contributed by atoms with van der Waals surface area (Å²) in [4.78, 5) is 11.1. The summed E-state index contributed by atoms with van der Waals surface area (Å²) in [5.41, 5.74) is 0. The van der Waals surface area contributed by atoms with Crippen molar-refractivity contribution in [3.05, 3.63) is 0 Å². The lowest BCUT2D eigenvalue weighted by Crippen LogP contribution is -2.15. The van der Waals surface area contributed by atoms with Gasteiger partial charge in [-0.3, -0.25) is 4.79 Å². The fourth-order valence-corrected chi connectivity index (χ4v) is 1.85. The summed E-state index contributed by atoms with van der Waals surface area (Å²) in [7, 11) is 0. The molecule has 1 aliphatic rings. The molecule has 0 amide bonds. The van der Waals surface area contributed by atoms with Crippen molar-refractivity contribution in [3.8, 4) is 0 Å². The number of carbonyl (C=O) groups is 1. The highest BCUT2D eigenvalue weighted by Gasteiger charge is 2.17. The molecule has 0 bridgehead atoms. The molecule has 1 atom stereocenters. The third-order valence-electron chi connectivity index (χ3n) is 2.69. The minimum Gasteiger partial charge on any atom is -0.462 e. The molecule has 0 aromatic rings. The molecule has 4 nitrogen and oxygen atoms in total. The van der Waals surface area contributed by atoms with Crippen molar-refractivity contribution in [1.29, 1.82) is 0 Å². The van der Waals surface area contributed by atoms with Crippen molar-refractivity contribution in [2.75, 3.05) is 0 Å². The van der Waals surface area contributed by atoms with Crippen LogP contribution in [-0.4, -0.2) is 28.6 Å². The van der Waals surface area contributed by atoms with E-state index in [2.05, 4.69) is 0 Å². The van der Waals surface area contributed by atoms with E-state index in [9.17, 15) is 4.79 Å². The Labute approximate surface area is 90.2 Å². The average Bonchev–Trinajstić information content (AvgIpc) is 2.37. The van der Waals surface area contributed by atoms with Gasteiger partial charge in [0, 0.05) is 6.42 Å². The number of aliphatic hydroxyl groups is 2. The lowest BCUT2D eigenvalue weighted by molar-refractivity contribution is -0.148. The van der Waals surface area contributed by atoms with Gasteiger partial charge in [-0.15, -0.1) is 0 Å². The zero-order valence-electron chi connectivity index (χ0n) is 9.02. The predicted octanol–water partition coefficient (Wildman–Crippen LogP) is 1.34. The maximum Gasteiger partial charge on any atom is 0.306 e. The van der Waals surface area contributed by atoms with Crippen molar-refractivity contribution in [1.82, 2.24) is 0 Å². The lowest BCUT2D eigenvalue weighted by Gasteiger charge is -2.14. The first-order valence-corrected chi connectivity index (χ1v) is 5.74. The summed E-state index contributed by atoms with van der Waals surface area (Å²) in [6, 6.07) is 0. The molecular formula is C11H20O4. The number of hydrogen-bond acceptors (Lipinski definition) is 4. The van der Waals surface area contributed by atoms with E-state index < -0.39 is 6.29 Å². The highest BCUT2D eigenvalue weighted by atomic mass is 16.5. The van der Waals surface area contributed by atoms with Crippen LogP contribution in [-0.2, 0) is 9.53 Å². The smallest absolute Gasteiger partial charge is 0.306 e. The van der Waals surface area contributed by atoms with Gasteiger partial charge in [-0.1, -0.05) is 0 Å². The van der Waals surface area contributed by atoms with Crippen LogP contribution in [0, 0.1) is 0 Å². The van der Waals surface area contributed by atoms with Crippen LogP contribution in [0.25, 0.3) is 0 Å². The lowest BCUT2D eigenvalue weighted by atomic mass is 10.1. The number of esters is 1. The molecular weight excluding hydrogens is 196 g/mol. The van der Waals surface area contributed by atoms with Crippen LogP contribution in [0.2, 0.25) is 0 Å². The molecule has 0 spiro atoms. The van der Waals surface area contributed by atoms with Gasteiger partial charge < -0.3 is 14.9 Å². The van der Waals surface area contributed by atoms with E-state index in [0.29, 0.717) is 12.8 Å². The Morgan fingerprint density at radius 3 is 2.87 bits per heavy atom. The first-order chi connectivity index (χ1) is 7.18. The second-order valence-corrected chi connectivity index (χ2v) is 4.12. The quantitative estimate of drug-likeness (QED) is 0.413. The molecule has 1 saturated heterocycles. The minimum absolute atomic E-state index is 0.0517. The van der Waals surface area contributed by atoms with Gasteiger partial charge in [-0.05, 0) is 44.9 Å². The molecule has 0 saturated carbocycles. The van der Waals surface area contributed by atoms with E-state index in [1.807, 2.05) is 0 Å². The fraction of sp³-hybridized carbons (Fsp3) is 0.909. The van der Waals surface area contributed by atoms with Crippen LogP contribution in [0.3, 0.4) is 0 Å². The van der Waals surface area contributed by atoms with Crippen LogP contribution in [0.4, 0.5) is 0 Å². The standard InChI is InChI=1S/C11H20O4/c12-10(13)7-3-1-5-9-6-2-4-8-11(14)15-9/h9-10,12-13H,1-8H2. The Bertz CT molecular complexity index is 191. The minimum atomic E-state index is -1.21. The van der Waals surface area contributed by atoms with Crippen LogP contribution >= 0.6 is 0 Å². The second-order valence-electron chi connectivity index (χ2n) is 4.12. The third-order valence-corrected chi connectivity index (χ3v) is 2.69. The van der Waals surface area contributed by atoms with E-state index >= 15 is 0 Å². The van der Waals surface area contributed by atoms with Crippen LogP contribution in [0.1, 0.15) is 51.4 Å². The Morgan fingerprint density at radius 2 is 2.13 bits per heavy atom. The van der Waals surface area contributed by atoms with Crippen LogP contribution in [0.5, 0.6) is 0 Å². The molecule has 1 fully saturated rings. The van der Waals surface area contributed by atoms with Gasteiger partial charge >= 0.3 is 5.97 Å². The average molecular weight is 216 g/mol. The monoisotopic (exact) mass is 216 g/mol. The van der Waals surface area contributed by atoms with E-state index in [-0.39, 0.29) is 12.1 Å². The number of aliphatic hydroxyl groups excluding tert-OH is 1. The molecule has 0 aromatic carbocycles. The zero-order valence-corrected chi connectivity index (χ0v) is 9.02. The zero-order chi connectivity index (χ0) is 11.1. The molecule has 1 heterocycles. The van der Waals surface area contributed by atoms with Crippen LogP contribution in [0.15, 0.2) is 0 Å². The number of carbonyl (C=O) groups excluding carboxylic acids is 1. The van der Waals surface area contributed by atoms with E-state index in [1.165, 1.54) is 0 Å². The molecule has 2 N–H and O–H groups in total. The number of ether oxygens (including phenoxy) is 1. The Hall–Kier alpha value is -0.610. The van der Waals surface area contributed by atoms with Crippen molar-refractivity contribution in [2.45, 2.75) is 63.8 Å². The SMILES string of the molecule is O=C1CCCCC(CCCCC(O)O)O1. The Balaban J connectivity index is 2.11. The summed E-state index contributed by atoms with van der Waals surface area (Å²) < 4.78 is 5.25. The number of rotatable bonds is 5. The van der Waals surface area contributed by atoms with Crippen molar-refractivity contribution in [3.63, 3.8) is 0 Å². The third kappa shape index (κ3) is 5.74. The van der Waals surface area contributed by atoms with Gasteiger partial charge in [-0.2, -0.15) is 0 Å². The largest absolute Gasteiger partial charge is 0.462 e. The molecule has 1 aliphatic heterocycles. The van der Waals surface area contributed by atoms with Gasteiger partial charge in [0.1, 0.15) is 6.10 Å². The summed E-state index contributed by atoms with van der Waals surface area (Å²) in [6.45, 7) is 0. The number of hydrogen-bond donors (Lipinski definition) is 2. The van der Waals surface area contributed by atoms with Gasteiger partial charge in [0.2, 0.25) is 0 Å². The topological polar surface area (TPSA) is 66.8 Å². The van der Waals surface area contributed by atoms with E-state index in [1.54, 1.807) is 0 Å². The van der Waals surface area contributed by atoms with Gasteiger partial charge in [0.05, 0.1) is 0 Å². The molecule has 0 aromatic heterocycles. The number of cyclic esters (lactones) is 1. The highest BCUT2D eigenvalue weighted by Crippen LogP contribution is 2.19. The summed E-state index contributed by atoms with van der Waals surface area (Å²) in [6.07, 6.45) is 5.24. The second kappa shape index (κ2) is 6.80. The summed E-state index contributed by atoms with van der Waals surface area (Å²) >= 11 is 0. The molecule has 88 valence electrons. The normalized spacial score (nSPS) is 22.6. The van der Waals surface area contributed by atoms with Gasteiger partial charge in [0.15, 0.2) is 6.29 Å². The maximum absolute atomic E-state index is 11.1. The summed E-state index contributed by atoms with van der Waals surface area (Å²) in [5.74, 6) is -0.0836. The molecule has 15 heavy (non-hydrogen) atoms. The maximum atomic E-state index is 11.1. The number of unbranched alkanes of at least 4 members (excludes halogenated alkanes) is 1.